The Morgan fingerprint density at radius 3 is 3.05 bits per heavy atom. The molecule has 20 heavy (non-hydrogen) atoms. The van der Waals surface area contributed by atoms with E-state index in [-0.39, 0.29) is 11.8 Å². The van der Waals surface area contributed by atoms with Crippen molar-refractivity contribution in [2.75, 3.05) is 26.7 Å². The maximum absolute atomic E-state index is 11.2. The van der Waals surface area contributed by atoms with Gasteiger partial charge in [0.15, 0.2) is 0 Å². The van der Waals surface area contributed by atoms with Crippen LogP contribution in [0.1, 0.15) is 18.4 Å². The first-order chi connectivity index (χ1) is 9.70. The van der Waals surface area contributed by atoms with E-state index in [1.807, 2.05) is 24.3 Å². The Hall–Kier alpha value is -1.81. The molecule has 1 aromatic rings. The van der Waals surface area contributed by atoms with Crippen LogP contribution in [0, 0.1) is 5.92 Å². The summed E-state index contributed by atoms with van der Waals surface area (Å²) in [5.74, 6) is 0.698. The summed E-state index contributed by atoms with van der Waals surface area (Å²) < 4.78 is 5.31. The van der Waals surface area contributed by atoms with Crippen LogP contribution >= 0.6 is 0 Å². The van der Waals surface area contributed by atoms with E-state index in [1.165, 1.54) is 0 Å². The Labute approximate surface area is 120 Å². The Bertz CT molecular complexity index is 485. The van der Waals surface area contributed by atoms with Gasteiger partial charge in [0, 0.05) is 18.7 Å². The number of carbonyl (C=O) groups excluding carboxylic acids is 1. The lowest BCUT2D eigenvalue weighted by Gasteiger charge is -2.30. The Balaban J connectivity index is 1.91. The summed E-state index contributed by atoms with van der Waals surface area (Å²) in [5, 5.41) is 0. The monoisotopic (exact) mass is 274 g/mol. The number of amides is 1. The molecule has 0 aliphatic carbocycles. The second-order valence-electron chi connectivity index (χ2n) is 5.15. The van der Waals surface area contributed by atoms with Crippen LogP contribution in [0.3, 0.4) is 0 Å². The van der Waals surface area contributed by atoms with Crippen molar-refractivity contribution in [1.29, 1.82) is 0 Å². The quantitative estimate of drug-likeness (QED) is 0.892. The molecule has 1 aromatic carbocycles. The minimum atomic E-state index is -0.177. The molecule has 0 radical (unpaired) electrons. The zero-order chi connectivity index (χ0) is 14.4. The molecule has 108 valence electrons. The van der Waals surface area contributed by atoms with Crippen LogP contribution in [-0.2, 0) is 4.79 Å². The molecule has 1 heterocycles. The molecule has 0 bridgehead atoms. The number of hydrogen-bond acceptors (Lipinski definition) is 3. The van der Waals surface area contributed by atoms with Crippen molar-refractivity contribution >= 4 is 12.0 Å². The van der Waals surface area contributed by atoms with E-state index in [1.54, 1.807) is 7.11 Å². The lowest BCUT2D eigenvalue weighted by Crippen LogP contribution is -2.41. The van der Waals surface area contributed by atoms with Gasteiger partial charge in [0.25, 0.3) is 0 Å². The maximum Gasteiger partial charge on any atom is 0.221 e. The van der Waals surface area contributed by atoms with Crippen LogP contribution < -0.4 is 10.5 Å². The molecule has 1 atom stereocenters. The van der Waals surface area contributed by atoms with Gasteiger partial charge in [0.2, 0.25) is 5.91 Å². The molecule has 0 spiro atoms. The number of nitrogens with two attached hydrogens (primary N) is 1. The predicted octanol–water partition coefficient (Wildman–Crippen LogP) is 1.91. The number of ether oxygens (including phenoxy) is 1. The van der Waals surface area contributed by atoms with Crippen molar-refractivity contribution in [3.05, 3.63) is 35.9 Å². The van der Waals surface area contributed by atoms with Gasteiger partial charge in [0.1, 0.15) is 5.75 Å². The molecule has 1 unspecified atom stereocenters. The van der Waals surface area contributed by atoms with Crippen molar-refractivity contribution < 1.29 is 9.53 Å². The number of methoxy groups -OCH3 is 1. The second kappa shape index (κ2) is 7.10. The Kier molecular flexibility index (Phi) is 5.18. The number of rotatable bonds is 5. The maximum atomic E-state index is 11.2. The molecule has 2 N–H and O–H groups in total. The standard InChI is InChI=1S/C16H22N2O2/c1-20-15-9-3-2-6-13(15)7-4-10-18-11-5-8-14(12-18)16(17)19/h2-4,6-7,9,14H,5,8,10-12H2,1H3,(H2,17,19). The summed E-state index contributed by atoms with van der Waals surface area (Å²) in [6, 6.07) is 7.92. The van der Waals surface area contributed by atoms with E-state index in [2.05, 4.69) is 17.1 Å². The number of para-hydroxylation sites is 1. The molecule has 1 aliphatic rings. The topological polar surface area (TPSA) is 55.6 Å². The zero-order valence-corrected chi connectivity index (χ0v) is 11.9. The zero-order valence-electron chi connectivity index (χ0n) is 11.9. The van der Waals surface area contributed by atoms with Crippen LogP contribution in [0.5, 0.6) is 5.75 Å². The van der Waals surface area contributed by atoms with E-state index in [0.29, 0.717) is 0 Å². The van der Waals surface area contributed by atoms with Crippen molar-refractivity contribution in [3.63, 3.8) is 0 Å². The van der Waals surface area contributed by atoms with Gasteiger partial charge in [-0.1, -0.05) is 30.4 Å². The van der Waals surface area contributed by atoms with Crippen LogP contribution in [0.25, 0.3) is 6.08 Å². The van der Waals surface area contributed by atoms with Crippen LogP contribution in [0.4, 0.5) is 0 Å². The van der Waals surface area contributed by atoms with Gasteiger partial charge in [-0.2, -0.15) is 0 Å². The van der Waals surface area contributed by atoms with Gasteiger partial charge >= 0.3 is 0 Å². The summed E-state index contributed by atoms with van der Waals surface area (Å²) in [6.45, 7) is 2.63. The molecule has 2 rings (SSSR count). The molecular formula is C16H22N2O2. The Morgan fingerprint density at radius 1 is 1.50 bits per heavy atom. The number of primary amides is 1. The van der Waals surface area contributed by atoms with Gasteiger partial charge in [-0.15, -0.1) is 0 Å². The fourth-order valence-electron chi connectivity index (χ4n) is 2.59. The third kappa shape index (κ3) is 3.84. The van der Waals surface area contributed by atoms with E-state index < -0.39 is 0 Å². The average Bonchev–Trinajstić information content (AvgIpc) is 2.48. The highest BCUT2D eigenvalue weighted by Crippen LogP contribution is 2.19. The fourth-order valence-corrected chi connectivity index (χ4v) is 2.59. The highest BCUT2D eigenvalue weighted by atomic mass is 16.5. The van der Waals surface area contributed by atoms with Gasteiger partial charge < -0.3 is 10.5 Å². The summed E-state index contributed by atoms with van der Waals surface area (Å²) in [7, 11) is 1.68. The lowest BCUT2D eigenvalue weighted by molar-refractivity contribution is -0.123. The van der Waals surface area contributed by atoms with Crippen molar-refractivity contribution in [3.8, 4) is 5.75 Å². The van der Waals surface area contributed by atoms with Gasteiger partial charge in [-0.3, -0.25) is 9.69 Å². The van der Waals surface area contributed by atoms with Gasteiger partial charge in [-0.05, 0) is 25.5 Å². The number of likely N-dealkylation sites (tertiary alicyclic amines) is 1. The molecule has 1 aliphatic heterocycles. The van der Waals surface area contributed by atoms with Gasteiger partial charge in [0.05, 0.1) is 13.0 Å². The third-order valence-electron chi connectivity index (χ3n) is 3.71. The minimum Gasteiger partial charge on any atom is -0.496 e. The Morgan fingerprint density at radius 2 is 2.30 bits per heavy atom. The van der Waals surface area contributed by atoms with Crippen molar-refractivity contribution in [2.24, 2.45) is 11.7 Å². The van der Waals surface area contributed by atoms with E-state index in [9.17, 15) is 4.79 Å². The average molecular weight is 274 g/mol. The van der Waals surface area contributed by atoms with Crippen molar-refractivity contribution in [1.82, 2.24) is 4.90 Å². The lowest BCUT2D eigenvalue weighted by atomic mass is 9.97. The van der Waals surface area contributed by atoms with Crippen LogP contribution in [0.2, 0.25) is 0 Å². The first kappa shape index (κ1) is 14.6. The van der Waals surface area contributed by atoms with Crippen LogP contribution in [-0.4, -0.2) is 37.6 Å². The van der Waals surface area contributed by atoms with Crippen LogP contribution in [0.15, 0.2) is 30.3 Å². The number of carbonyl (C=O) groups is 1. The van der Waals surface area contributed by atoms with E-state index in [4.69, 9.17) is 10.5 Å². The molecular weight excluding hydrogens is 252 g/mol. The highest BCUT2D eigenvalue weighted by Gasteiger charge is 2.22. The normalized spacial score (nSPS) is 20.1. The first-order valence-corrected chi connectivity index (χ1v) is 7.02. The number of benzene rings is 1. The molecule has 0 saturated carbocycles. The molecule has 0 aromatic heterocycles. The number of piperidine rings is 1. The SMILES string of the molecule is COc1ccccc1C=CCN1CCCC(C(N)=O)C1. The second-order valence-corrected chi connectivity index (χ2v) is 5.15. The first-order valence-electron chi connectivity index (χ1n) is 7.02. The third-order valence-corrected chi connectivity index (χ3v) is 3.71. The summed E-state index contributed by atoms with van der Waals surface area (Å²) >= 11 is 0. The molecule has 4 nitrogen and oxygen atoms in total. The predicted molar refractivity (Wildman–Crippen MR) is 80.4 cm³/mol. The molecule has 4 heteroatoms. The smallest absolute Gasteiger partial charge is 0.221 e. The van der Waals surface area contributed by atoms with E-state index in [0.717, 1.165) is 43.8 Å². The number of hydrogen-bond donors (Lipinski definition) is 1. The molecule has 1 amide bonds. The fraction of sp³-hybridized carbons (Fsp3) is 0.438. The highest BCUT2D eigenvalue weighted by molar-refractivity contribution is 5.76. The summed E-state index contributed by atoms with van der Waals surface area (Å²) in [5.41, 5.74) is 6.45. The van der Waals surface area contributed by atoms with Crippen molar-refractivity contribution in [2.45, 2.75) is 12.8 Å². The minimum absolute atomic E-state index is 0.00316. The van der Waals surface area contributed by atoms with Gasteiger partial charge in [-0.25, -0.2) is 0 Å². The number of nitrogens with zero attached hydrogens (tertiary/aromatic N) is 1. The summed E-state index contributed by atoms with van der Waals surface area (Å²) in [4.78, 5) is 13.5. The largest absolute Gasteiger partial charge is 0.496 e. The molecule has 1 fully saturated rings. The summed E-state index contributed by atoms with van der Waals surface area (Å²) in [6.07, 6.45) is 6.13. The van der Waals surface area contributed by atoms with E-state index >= 15 is 0 Å². The molecule has 1 saturated heterocycles.